The third-order valence-corrected chi connectivity index (χ3v) is 7.41. The molecule has 0 saturated heterocycles. The smallest absolute Gasteiger partial charge is 0.313 e. The fraction of sp³-hybridized carbons (Fsp3) is 0.792. The topological polar surface area (TPSA) is 72.7 Å². The third kappa shape index (κ3) is 8.62. The van der Waals surface area contributed by atoms with Crippen molar-refractivity contribution in [2.75, 3.05) is 11.6 Å². The predicted octanol–water partition coefficient (Wildman–Crippen LogP) is 6.24. The Morgan fingerprint density at radius 1 is 0.875 bits per heavy atom. The Hall–Kier alpha value is -1.21. The Labute approximate surface area is 201 Å². The van der Waals surface area contributed by atoms with Gasteiger partial charge in [0.15, 0.2) is 16.3 Å². The molecule has 0 amide bonds. The molecule has 0 spiro atoms. The number of halogens is 1. The Bertz CT molecular complexity index is 906. The zero-order valence-electron chi connectivity index (χ0n) is 20.0. The molecule has 2 aromatic rings. The Kier molecular flexibility index (Phi) is 13.2. The summed E-state index contributed by atoms with van der Waals surface area (Å²) in [6.07, 6.45) is 18.4. The van der Waals surface area contributed by atoms with Gasteiger partial charge >= 0.3 is 5.69 Å². The molecule has 0 aromatic carbocycles. The fourth-order valence-corrected chi connectivity index (χ4v) is 5.11. The van der Waals surface area contributed by atoms with E-state index in [0.717, 1.165) is 30.3 Å². The van der Waals surface area contributed by atoms with Gasteiger partial charge in [-0.1, -0.05) is 102 Å². The molecule has 8 heteroatoms. The molecule has 0 saturated carbocycles. The van der Waals surface area contributed by atoms with Gasteiger partial charge in [0.1, 0.15) is 0 Å². The van der Waals surface area contributed by atoms with Crippen molar-refractivity contribution >= 4 is 34.5 Å². The summed E-state index contributed by atoms with van der Waals surface area (Å²) in [5.74, 6) is 1.23. The van der Waals surface area contributed by atoms with E-state index in [1.807, 2.05) is 4.57 Å². The van der Waals surface area contributed by atoms with E-state index in [9.17, 15) is 9.59 Å². The average Bonchev–Trinajstić information content (AvgIpc) is 3.15. The van der Waals surface area contributed by atoms with Crippen LogP contribution in [0.4, 0.5) is 0 Å². The SMILES string of the molecule is CCCCCCCCCCCCCCCCn1c(SCCCl)nc2c1c(=O)[nH]c(=O)n2C. The molecule has 0 radical (unpaired) electrons. The summed E-state index contributed by atoms with van der Waals surface area (Å²) >= 11 is 7.38. The summed E-state index contributed by atoms with van der Waals surface area (Å²) in [5.41, 5.74) is 0.135. The van der Waals surface area contributed by atoms with Crippen LogP contribution in [0.15, 0.2) is 14.7 Å². The minimum absolute atomic E-state index is 0.362. The van der Waals surface area contributed by atoms with Crippen LogP contribution >= 0.6 is 23.4 Å². The zero-order chi connectivity index (χ0) is 23.2. The van der Waals surface area contributed by atoms with Crippen LogP contribution in [0.3, 0.4) is 0 Å². The van der Waals surface area contributed by atoms with Crippen molar-refractivity contribution in [2.24, 2.45) is 7.05 Å². The van der Waals surface area contributed by atoms with E-state index in [1.165, 1.54) is 93.4 Å². The Morgan fingerprint density at radius 2 is 1.41 bits per heavy atom. The van der Waals surface area contributed by atoms with Crippen LogP contribution in [-0.2, 0) is 13.6 Å². The van der Waals surface area contributed by atoms with E-state index in [4.69, 9.17) is 11.6 Å². The summed E-state index contributed by atoms with van der Waals surface area (Å²) in [6, 6.07) is 0. The maximum Gasteiger partial charge on any atom is 0.329 e. The van der Waals surface area contributed by atoms with E-state index in [-0.39, 0.29) is 5.56 Å². The second-order valence-electron chi connectivity index (χ2n) is 8.67. The van der Waals surface area contributed by atoms with Gasteiger partial charge in [-0.15, -0.1) is 11.6 Å². The molecular formula is C24H41ClN4O2S. The van der Waals surface area contributed by atoms with Crippen molar-refractivity contribution in [3.8, 4) is 0 Å². The number of aromatic nitrogens is 4. The highest BCUT2D eigenvalue weighted by Crippen LogP contribution is 2.22. The summed E-state index contributed by atoms with van der Waals surface area (Å²) in [6.45, 7) is 3.01. The van der Waals surface area contributed by atoms with Gasteiger partial charge in [0.2, 0.25) is 0 Å². The first-order valence-corrected chi connectivity index (χ1v) is 14.0. The lowest BCUT2D eigenvalue weighted by Crippen LogP contribution is -2.29. The standard InChI is InChI=1S/C24H41ClN4O2S/c1-3-4-5-6-7-8-9-10-11-12-13-14-15-16-18-29-20-21(26-24(29)32-19-17-25)28(2)23(31)27-22(20)30/h3-19H2,1-2H3,(H,27,30,31). The van der Waals surface area contributed by atoms with Gasteiger partial charge in [0.05, 0.1) is 0 Å². The number of unbranched alkanes of at least 4 members (excludes halogenated alkanes) is 13. The molecule has 2 aromatic heterocycles. The average molecular weight is 485 g/mol. The fourth-order valence-electron chi connectivity index (χ4n) is 4.13. The number of nitrogens with one attached hydrogen (secondary N) is 1. The van der Waals surface area contributed by atoms with E-state index in [0.29, 0.717) is 17.0 Å². The number of thioether (sulfide) groups is 1. The van der Waals surface area contributed by atoms with Crippen LogP contribution in [0.2, 0.25) is 0 Å². The molecule has 0 aliphatic heterocycles. The first-order chi connectivity index (χ1) is 15.6. The van der Waals surface area contributed by atoms with Crippen LogP contribution < -0.4 is 11.2 Å². The van der Waals surface area contributed by atoms with E-state index in [1.54, 1.807) is 7.05 Å². The lowest BCUT2D eigenvalue weighted by molar-refractivity contribution is 0.519. The predicted molar refractivity (Wildman–Crippen MR) is 137 cm³/mol. The lowest BCUT2D eigenvalue weighted by Gasteiger charge is -2.08. The van der Waals surface area contributed by atoms with Crippen molar-refractivity contribution in [1.82, 2.24) is 19.1 Å². The van der Waals surface area contributed by atoms with Crippen molar-refractivity contribution in [3.05, 3.63) is 20.8 Å². The largest absolute Gasteiger partial charge is 0.329 e. The Morgan fingerprint density at radius 3 is 1.94 bits per heavy atom. The maximum atomic E-state index is 12.4. The minimum atomic E-state index is -0.433. The molecule has 6 nitrogen and oxygen atoms in total. The second-order valence-corrected chi connectivity index (χ2v) is 10.1. The van der Waals surface area contributed by atoms with Gasteiger partial charge in [0.25, 0.3) is 5.56 Å². The number of rotatable bonds is 18. The maximum absolute atomic E-state index is 12.4. The second kappa shape index (κ2) is 15.6. The monoisotopic (exact) mass is 484 g/mol. The third-order valence-electron chi connectivity index (χ3n) is 6.02. The first kappa shape index (κ1) is 27.0. The number of hydrogen-bond acceptors (Lipinski definition) is 4. The molecule has 0 fully saturated rings. The van der Waals surface area contributed by atoms with Crippen LogP contribution in [0.5, 0.6) is 0 Å². The van der Waals surface area contributed by atoms with E-state index >= 15 is 0 Å². The summed E-state index contributed by atoms with van der Waals surface area (Å²) in [4.78, 5) is 31.3. The van der Waals surface area contributed by atoms with Crippen LogP contribution in [0, 0.1) is 0 Å². The molecular weight excluding hydrogens is 444 g/mol. The van der Waals surface area contributed by atoms with Crippen molar-refractivity contribution in [3.63, 3.8) is 0 Å². The van der Waals surface area contributed by atoms with Crippen molar-refractivity contribution in [1.29, 1.82) is 0 Å². The summed E-state index contributed by atoms with van der Waals surface area (Å²) in [5, 5.41) is 0.766. The highest BCUT2D eigenvalue weighted by molar-refractivity contribution is 7.99. The molecule has 0 aliphatic rings. The van der Waals surface area contributed by atoms with Gasteiger partial charge in [-0.05, 0) is 6.42 Å². The summed E-state index contributed by atoms with van der Waals surface area (Å²) < 4.78 is 3.37. The molecule has 1 N–H and O–H groups in total. The van der Waals surface area contributed by atoms with Crippen molar-refractivity contribution in [2.45, 2.75) is 109 Å². The number of aryl methyl sites for hydroxylation is 2. The van der Waals surface area contributed by atoms with E-state index < -0.39 is 5.69 Å². The molecule has 0 unspecified atom stereocenters. The molecule has 0 aliphatic carbocycles. The highest BCUT2D eigenvalue weighted by atomic mass is 35.5. The van der Waals surface area contributed by atoms with Gasteiger partial charge in [-0.25, -0.2) is 9.78 Å². The van der Waals surface area contributed by atoms with Gasteiger partial charge < -0.3 is 4.57 Å². The van der Waals surface area contributed by atoms with Gasteiger partial charge in [0, 0.05) is 25.2 Å². The van der Waals surface area contributed by atoms with Gasteiger partial charge in [-0.3, -0.25) is 14.3 Å². The first-order valence-electron chi connectivity index (χ1n) is 12.5. The molecule has 2 heterocycles. The number of aromatic amines is 1. The Balaban J connectivity index is 1.70. The molecule has 32 heavy (non-hydrogen) atoms. The quantitative estimate of drug-likeness (QED) is 0.154. The van der Waals surface area contributed by atoms with Crippen molar-refractivity contribution < 1.29 is 0 Å². The number of hydrogen-bond donors (Lipinski definition) is 1. The summed E-state index contributed by atoms with van der Waals surface area (Å²) in [7, 11) is 1.64. The number of alkyl halides is 1. The molecule has 2 rings (SSSR count). The number of nitrogens with zero attached hydrogens (tertiary/aromatic N) is 3. The zero-order valence-corrected chi connectivity index (χ0v) is 21.5. The number of fused-ring (bicyclic) bond motifs is 1. The molecule has 0 atom stereocenters. The normalized spacial score (nSPS) is 11.6. The van der Waals surface area contributed by atoms with Crippen LogP contribution in [-0.4, -0.2) is 30.7 Å². The van der Waals surface area contributed by atoms with E-state index in [2.05, 4.69) is 16.9 Å². The van der Waals surface area contributed by atoms with Gasteiger partial charge in [-0.2, -0.15) is 0 Å². The minimum Gasteiger partial charge on any atom is -0.313 e. The van der Waals surface area contributed by atoms with Crippen LogP contribution in [0.25, 0.3) is 11.2 Å². The lowest BCUT2D eigenvalue weighted by atomic mass is 10.0. The van der Waals surface area contributed by atoms with Crippen LogP contribution in [0.1, 0.15) is 96.8 Å². The molecule has 0 bridgehead atoms. The number of imidazole rings is 1. The molecule has 182 valence electrons. The number of H-pyrrole nitrogens is 1. The highest BCUT2D eigenvalue weighted by Gasteiger charge is 2.17.